The lowest BCUT2D eigenvalue weighted by Crippen LogP contribution is -2.54. The minimum absolute atomic E-state index is 0.145. The molecular formula is C24H19N3O8. The number of nitrogens with zero attached hydrogens (tertiary/aromatic N) is 2. The van der Waals surface area contributed by atoms with Gasteiger partial charge < -0.3 is 13.9 Å². The molecule has 0 aliphatic carbocycles. The molecular weight excluding hydrogens is 458 g/mol. The van der Waals surface area contributed by atoms with Crippen molar-refractivity contribution in [1.29, 1.82) is 0 Å². The molecule has 0 bridgehead atoms. The predicted molar refractivity (Wildman–Crippen MR) is 124 cm³/mol. The smallest absolute Gasteiger partial charge is 0.336 e. The van der Waals surface area contributed by atoms with Crippen LogP contribution in [0.25, 0.3) is 17.4 Å². The summed E-state index contributed by atoms with van der Waals surface area (Å²) in [5, 5.41) is 13.2. The molecule has 1 aliphatic rings. The van der Waals surface area contributed by atoms with E-state index in [2.05, 4.69) is 5.32 Å². The second-order valence-electron chi connectivity index (χ2n) is 7.20. The number of methoxy groups -OCH3 is 1. The Morgan fingerprint density at radius 3 is 2.57 bits per heavy atom. The molecule has 1 fully saturated rings. The molecule has 1 aliphatic heterocycles. The molecule has 1 saturated heterocycles. The van der Waals surface area contributed by atoms with Crippen LogP contribution in [0.15, 0.2) is 64.6 Å². The Morgan fingerprint density at radius 1 is 1.09 bits per heavy atom. The van der Waals surface area contributed by atoms with E-state index < -0.39 is 22.8 Å². The molecule has 0 atom stereocenters. The van der Waals surface area contributed by atoms with Crippen molar-refractivity contribution in [2.24, 2.45) is 0 Å². The fraction of sp³-hybridized carbons (Fsp3) is 0.125. The van der Waals surface area contributed by atoms with E-state index in [0.29, 0.717) is 23.7 Å². The lowest BCUT2D eigenvalue weighted by atomic mass is 10.1. The van der Waals surface area contributed by atoms with Crippen LogP contribution in [0.1, 0.15) is 12.7 Å². The van der Waals surface area contributed by atoms with Crippen LogP contribution < -0.4 is 19.7 Å². The Kier molecular flexibility index (Phi) is 6.32. The monoisotopic (exact) mass is 477 g/mol. The van der Waals surface area contributed by atoms with Crippen molar-refractivity contribution in [1.82, 2.24) is 5.32 Å². The lowest BCUT2D eigenvalue weighted by molar-refractivity contribution is -0.384. The molecule has 1 aromatic heterocycles. The molecule has 0 saturated carbocycles. The molecule has 3 aromatic rings. The molecule has 0 radical (unpaired) electrons. The highest BCUT2D eigenvalue weighted by Crippen LogP contribution is 2.35. The van der Waals surface area contributed by atoms with Crippen molar-refractivity contribution in [3.05, 3.63) is 76.0 Å². The number of urea groups is 1. The largest absolute Gasteiger partial charge is 0.496 e. The first-order chi connectivity index (χ1) is 16.8. The van der Waals surface area contributed by atoms with Crippen molar-refractivity contribution in [2.75, 3.05) is 18.6 Å². The number of amides is 4. The number of rotatable bonds is 7. The maximum atomic E-state index is 13.2. The summed E-state index contributed by atoms with van der Waals surface area (Å²) in [6.45, 7) is 2.07. The van der Waals surface area contributed by atoms with Gasteiger partial charge in [-0.05, 0) is 43.3 Å². The van der Waals surface area contributed by atoms with E-state index in [1.54, 1.807) is 31.2 Å². The summed E-state index contributed by atoms with van der Waals surface area (Å²) in [4.78, 5) is 49.5. The third-order valence-electron chi connectivity index (χ3n) is 5.08. The molecule has 4 amide bonds. The van der Waals surface area contributed by atoms with E-state index in [0.717, 1.165) is 4.90 Å². The Labute approximate surface area is 198 Å². The van der Waals surface area contributed by atoms with Crippen molar-refractivity contribution < 1.29 is 33.2 Å². The number of nitrogens with one attached hydrogen (secondary N) is 1. The zero-order chi connectivity index (χ0) is 25.1. The fourth-order valence-electron chi connectivity index (χ4n) is 3.51. The van der Waals surface area contributed by atoms with Crippen LogP contribution in [0.4, 0.5) is 16.2 Å². The lowest BCUT2D eigenvalue weighted by Gasteiger charge is -2.27. The van der Waals surface area contributed by atoms with E-state index in [1.165, 1.54) is 43.5 Å². The van der Waals surface area contributed by atoms with Gasteiger partial charge in [-0.3, -0.25) is 25.0 Å². The van der Waals surface area contributed by atoms with Gasteiger partial charge in [-0.15, -0.1) is 0 Å². The summed E-state index contributed by atoms with van der Waals surface area (Å²) >= 11 is 0. The van der Waals surface area contributed by atoms with E-state index in [-0.39, 0.29) is 28.5 Å². The van der Waals surface area contributed by atoms with Gasteiger partial charge in [-0.1, -0.05) is 12.1 Å². The average molecular weight is 477 g/mol. The predicted octanol–water partition coefficient (Wildman–Crippen LogP) is 3.93. The average Bonchev–Trinajstić information content (AvgIpc) is 3.31. The Morgan fingerprint density at radius 2 is 1.86 bits per heavy atom. The number of para-hydroxylation sites is 2. The number of carbonyl (C=O) groups is 3. The second-order valence-corrected chi connectivity index (χ2v) is 7.20. The van der Waals surface area contributed by atoms with Crippen LogP contribution >= 0.6 is 0 Å². The number of hydrogen-bond donors (Lipinski definition) is 1. The first kappa shape index (κ1) is 23.2. The summed E-state index contributed by atoms with van der Waals surface area (Å²) in [7, 11) is 1.37. The fourth-order valence-corrected chi connectivity index (χ4v) is 3.51. The molecule has 0 unspecified atom stereocenters. The maximum Gasteiger partial charge on any atom is 0.336 e. The number of benzene rings is 2. The minimum atomic E-state index is -0.903. The molecule has 2 heterocycles. The first-order valence-electron chi connectivity index (χ1n) is 10.4. The van der Waals surface area contributed by atoms with Crippen molar-refractivity contribution >= 4 is 35.3 Å². The molecule has 178 valence electrons. The molecule has 11 heteroatoms. The summed E-state index contributed by atoms with van der Waals surface area (Å²) in [6.07, 6.45) is 1.21. The SMILES string of the molecule is CCOc1ccccc1N1C(=O)NC(=O)/C(=C\c2ccc(-c3ccc([N+](=O)[O-])cc3OC)o2)C1=O. The molecule has 11 nitrogen and oxygen atoms in total. The van der Waals surface area contributed by atoms with Crippen LogP contribution in [0.2, 0.25) is 0 Å². The van der Waals surface area contributed by atoms with Gasteiger partial charge in [0.1, 0.15) is 28.6 Å². The van der Waals surface area contributed by atoms with Crippen molar-refractivity contribution in [3.63, 3.8) is 0 Å². The van der Waals surface area contributed by atoms with Gasteiger partial charge in [0.15, 0.2) is 0 Å². The standard InChI is InChI=1S/C24H19N3O8/c1-3-34-20-7-5-4-6-18(20)26-23(29)17(22(28)25-24(26)30)13-15-9-11-19(35-15)16-10-8-14(27(31)32)12-21(16)33-2/h4-13H,3H2,1-2H3,(H,25,28,30)/b17-13+. The number of carbonyl (C=O) groups excluding carboxylic acids is 3. The minimum Gasteiger partial charge on any atom is -0.496 e. The molecule has 35 heavy (non-hydrogen) atoms. The van der Waals surface area contributed by atoms with Gasteiger partial charge >= 0.3 is 6.03 Å². The Balaban J connectivity index is 1.69. The number of ether oxygens (including phenoxy) is 2. The van der Waals surface area contributed by atoms with Gasteiger partial charge in [0.2, 0.25) is 0 Å². The number of anilines is 1. The summed E-state index contributed by atoms with van der Waals surface area (Å²) < 4.78 is 16.5. The maximum absolute atomic E-state index is 13.2. The van der Waals surface area contributed by atoms with E-state index in [4.69, 9.17) is 13.9 Å². The topological polar surface area (TPSA) is 141 Å². The van der Waals surface area contributed by atoms with Gasteiger partial charge in [0.25, 0.3) is 17.5 Å². The molecule has 0 spiro atoms. The number of hydrogen-bond acceptors (Lipinski definition) is 8. The Bertz CT molecular complexity index is 1370. The Hall–Kier alpha value is -4.93. The quantitative estimate of drug-likeness (QED) is 0.234. The molecule has 4 rings (SSSR count). The second kappa shape index (κ2) is 9.51. The highest BCUT2D eigenvalue weighted by atomic mass is 16.6. The van der Waals surface area contributed by atoms with Crippen LogP contribution in [0.3, 0.4) is 0 Å². The van der Waals surface area contributed by atoms with E-state index in [9.17, 15) is 24.5 Å². The van der Waals surface area contributed by atoms with Gasteiger partial charge in [0, 0.05) is 6.07 Å². The summed E-state index contributed by atoms with van der Waals surface area (Å²) in [6, 6.07) is 12.7. The van der Waals surface area contributed by atoms with E-state index in [1.807, 2.05) is 0 Å². The zero-order valence-corrected chi connectivity index (χ0v) is 18.6. The first-order valence-corrected chi connectivity index (χ1v) is 10.4. The van der Waals surface area contributed by atoms with Crippen LogP contribution in [-0.2, 0) is 9.59 Å². The van der Waals surface area contributed by atoms with Crippen molar-refractivity contribution in [3.8, 4) is 22.8 Å². The molecule has 1 N–H and O–H groups in total. The number of imide groups is 2. The third-order valence-corrected chi connectivity index (χ3v) is 5.08. The van der Waals surface area contributed by atoms with Gasteiger partial charge in [0.05, 0.1) is 36.0 Å². The number of barbiturate groups is 1. The van der Waals surface area contributed by atoms with Gasteiger partial charge in [-0.25, -0.2) is 9.69 Å². The summed E-state index contributed by atoms with van der Waals surface area (Å²) in [5.74, 6) is -0.776. The third kappa shape index (κ3) is 4.47. The number of nitro groups is 1. The normalized spacial score (nSPS) is 14.7. The zero-order valence-electron chi connectivity index (χ0n) is 18.6. The number of nitro benzene ring substituents is 1. The van der Waals surface area contributed by atoms with Crippen LogP contribution in [0, 0.1) is 10.1 Å². The summed E-state index contributed by atoms with van der Waals surface area (Å²) in [5.41, 5.74) is 0.143. The van der Waals surface area contributed by atoms with Gasteiger partial charge in [-0.2, -0.15) is 0 Å². The van der Waals surface area contributed by atoms with Crippen LogP contribution in [-0.4, -0.2) is 36.5 Å². The van der Waals surface area contributed by atoms with E-state index >= 15 is 0 Å². The highest BCUT2D eigenvalue weighted by Gasteiger charge is 2.38. The van der Waals surface area contributed by atoms with Crippen molar-refractivity contribution in [2.45, 2.75) is 6.92 Å². The number of furan rings is 1. The van der Waals surface area contributed by atoms with Crippen LogP contribution in [0.5, 0.6) is 11.5 Å². The molecule has 2 aromatic carbocycles. The number of non-ortho nitro benzene ring substituents is 1. The highest BCUT2D eigenvalue weighted by molar-refractivity contribution is 6.39.